The molecule has 0 spiro atoms. The van der Waals surface area contributed by atoms with Crippen LogP contribution in [0.3, 0.4) is 0 Å². The van der Waals surface area contributed by atoms with Crippen molar-refractivity contribution in [1.29, 1.82) is 0 Å². The summed E-state index contributed by atoms with van der Waals surface area (Å²) in [7, 11) is 0. The number of hydroxylamine groups is 6. The van der Waals surface area contributed by atoms with Gasteiger partial charge in [-0.1, -0.05) is 20.3 Å². The smallest absolute Gasteiger partial charge is 0.253 e. The van der Waals surface area contributed by atoms with Crippen LogP contribution in [0.15, 0.2) is 36.4 Å². The summed E-state index contributed by atoms with van der Waals surface area (Å²) < 4.78 is 0. The highest BCUT2D eigenvalue weighted by Crippen LogP contribution is 2.15. The number of carbonyl (C=O) groups is 9. The van der Waals surface area contributed by atoms with Gasteiger partial charge in [0.25, 0.3) is 11.8 Å². The first-order valence-corrected chi connectivity index (χ1v) is 28.3. The molecule has 1 aromatic rings. The third-order valence-corrected chi connectivity index (χ3v) is 13.2. The summed E-state index contributed by atoms with van der Waals surface area (Å²) in [5.41, 5.74) is 1.36. The van der Waals surface area contributed by atoms with Gasteiger partial charge < -0.3 is 42.5 Å². The van der Waals surface area contributed by atoms with Crippen molar-refractivity contribution in [2.45, 2.75) is 129 Å². The van der Waals surface area contributed by atoms with E-state index < -0.39 is 53.4 Å². The van der Waals surface area contributed by atoms with Crippen molar-refractivity contribution >= 4 is 111 Å². The number of thiocarbonyl (C=S) groups is 2. The van der Waals surface area contributed by atoms with Gasteiger partial charge in [-0.25, -0.2) is 15.2 Å². The van der Waals surface area contributed by atoms with Crippen LogP contribution in [-0.2, 0) is 43.2 Å². The molecule has 1 heterocycles. The molecule has 0 radical (unpaired) electrons. The molecule has 0 unspecified atom stereocenters. The lowest BCUT2D eigenvalue weighted by Gasteiger charge is -2.27. The molecule has 24 nitrogen and oxygen atoms in total. The van der Waals surface area contributed by atoms with Crippen LogP contribution in [0.4, 0.5) is 11.4 Å². The monoisotopic (exact) mass is 1140 g/mol. The number of carbonyl (C=O) groups excluding carboxylic acids is 9. The fourth-order valence-corrected chi connectivity index (χ4v) is 8.23. The predicted octanol–water partition coefficient (Wildman–Crippen LogP) is 2.93. The maximum atomic E-state index is 13.6. The van der Waals surface area contributed by atoms with Crippen LogP contribution in [-0.4, -0.2) is 176 Å². The molecule has 0 fully saturated rings. The first-order chi connectivity index (χ1) is 36.7. The maximum Gasteiger partial charge on any atom is 0.253 e. The number of amides is 9. The number of nitrogens with zero attached hydrogens (tertiary/aromatic N) is 4. The second-order valence-electron chi connectivity index (χ2n) is 18.3. The minimum absolute atomic E-state index is 0.0101. The summed E-state index contributed by atoms with van der Waals surface area (Å²) in [6, 6.07) is 5.54. The number of anilines is 2. The van der Waals surface area contributed by atoms with E-state index in [-0.39, 0.29) is 81.3 Å². The maximum absolute atomic E-state index is 13.6. The lowest BCUT2D eigenvalue weighted by molar-refractivity contribution is -0.166. The number of thioether (sulfide) groups is 1. The molecule has 1 aromatic carbocycles. The Balaban J connectivity index is 1.58. The van der Waals surface area contributed by atoms with Gasteiger partial charge in [-0.3, -0.25) is 63.7 Å². The Hall–Kier alpha value is -6.00. The van der Waals surface area contributed by atoms with E-state index in [2.05, 4.69) is 42.5 Å². The Morgan fingerprint density at radius 1 is 0.610 bits per heavy atom. The molecule has 11 N–H and O–H groups in total. The van der Waals surface area contributed by atoms with Gasteiger partial charge in [0.15, 0.2) is 10.2 Å². The SMILES string of the molecule is CC[C@H](C)[C@H](NC(=O)[C@H](CCSC)NC(=S)Nc1ccc(NC(=S)NCCCCCN(O)C(=O)CCC(=O)NCCCCCN(O)C(=O)CCC(=O)NCCCCCN(O)C(C)=O)cc1)C(=O)NCCN1C(=O)C=CC1=O. The quantitative estimate of drug-likeness (QED) is 0.0149. The third-order valence-electron chi connectivity index (χ3n) is 12.1. The molecule has 0 saturated heterocycles. The Morgan fingerprint density at radius 2 is 1.08 bits per heavy atom. The summed E-state index contributed by atoms with van der Waals surface area (Å²) >= 11 is 12.6. The van der Waals surface area contributed by atoms with Crippen LogP contribution < -0.4 is 42.5 Å². The van der Waals surface area contributed by atoms with E-state index in [9.17, 15) is 58.8 Å². The number of hydrogen-bond acceptors (Lipinski definition) is 15. The zero-order valence-corrected chi connectivity index (χ0v) is 47.1. The van der Waals surface area contributed by atoms with Crippen LogP contribution in [0.5, 0.6) is 0 Å². The van der Waals surface area contributed by atoms with Crippen LogP contribution in [0, 0.1) is 5.92 Å². The molecule has 0 aromatic heterocycles. The van der Waals surface area contributed by atoms with Crippen molar-refractivity contribution in [3.63, 3.8) is 0 Å². The molecule has 3 atom stereocenters. The lowest BCUT2D eigenvalue weighted by atomic mass is 9.97. The zero-order chi connectivity index (χ0) is 57.1. The van der Waals surface area contributed by atoms with E-state index in [1.54, 1.807) is 36.0 Å². The largest absolute Gasteiger partial charge is 0.362 e. The molecule has 1 aliphatic rings. The number of nitrogens with one attached hydrogen (secondary N) is 8. The van der Waals surface area contributed by atoms with Crippen molar-refractivity contribution in [3.8, 4) is 0 Å². The van der Waals surface area contributed by atoms with E-state index in [0.717, 1.165) is 4.90 Å². The number of benzene rings is 1. The Labute approximate surface area is 466 Å². The highest BCUT2D eigenvalue weighted by molar-refractivity contribution is 7.98. The molecule has 0 saturated carbocycles. The van der Waals surface area contributed by atoms with E-state index in [4.69, 9.17) is 24.4 Å². The van der Waals surface area contributed by atoms with Gasteiger partial charge in [0, 0.05) is 108 Å². The minimum Gasteiger partial charge on any atom is -0.362 e. The van der Waals surface area contributed by atoms with E-state index in [0.29, 0.717) is 128 Å². The summed E-state index contributed by atoms with van der Waals surface area (Å²) in [6.07, 6.45) is 10.3. The topological polar surface area (TPSA) is 324 Å². The van der Waals surface area contributed by atoms with E-state index >= 15 is 0 Å². The molecule has 0 bridgehead atoms. The molecule has 430 valence electrons. The molecule has 9 amide bonds. The fourth-order valence-electron chi connectivity index (χ4n) is 7.28. The average Bonchev–Trinajstić information content (AvgIpc) is 3.72. The minimum atomic E-state index is -0.863. The molecule has 2 rings (SSSR count). The molecular formula is C50H80N12O12S3. The van der Waals surface area contributed by atoms with Gasteiger partial charge in [-0.05, 0) is 131 Å². The number of hydrogen-bond donors (Lipinski definition) is 11. The lowest BCUT2D eigenvalue weighted by Crippen LogP contribution is -2.56. The number of imide groups is 1. The standard InChI is InChI=1S/C50H80N12O12S3/c1-5-35(2)46(48(71)53-29-33-59-42(66)23-24-43(59)67)58-47(70)39(25-34-77-4)57-50(76)56-38-17-15-37(16-18-38)55-49(75)54-28-11-8-14-32-62(74)45(69)22-20-41(65)52-27-10-7-13-31-61(73)44(68)21-19-40(64)51-26-9-6-12-30-60(72)36(3)63/h15-18,23-24,35,39,46,72-74H,5-14,19-22,25-34H2,1-4H3,(H,51,64)(H,52,65)(H,53,71)(H,58,70)(H2,54,55,75)(H2,56,57,76)/t35-,39-,46-/m0/s1. The molecule has 1 aliphatic heterocycles. The Morgan fingerprint density at radius 3 is 1.55 bits per heavy atom. The van der Waals surface area contributed by atoms with Gasteiger partial charge >= 0.3 is 0 Å². The van der Waals surface area contributed by atoms with Crippen molar-refractivity contribution in [3.05, 3.63) is 36.4 Å². The highest BCUT2D eigenvalue weighted by atomic mass is 32.2. The zero-order valence-electron chi connectivity index (χ0n) is 44.7. The Bertz CT molecular complexity index is 2120. The highest BCUT2D eigenvalue weighted by Gasteiger charge is 2.30. The van der Waals surface area contributed by atoms with Crippen LogP contribution >= 0.6 is 36.2 Å². The van der Waals surface area contributed by atoms with Crippen molar-refractivity contribution < 1.29 is 58.8 Å². The summed E-state index contributed by atoms with van der Waals surface area (Å²) in [5, 5.41) is 55.4. The van der Waals surface area contributed by atoms with Crippen molar-refractivity contribution in [2.24, 2.45) is 5.92 Å². The van der Waals surface area contributed by atoms with Crippen LogP contribution in [0.2, 0.25) is 0 Å². The van der Waals surface area contributed by atoms with Crippen LogP contribution in [0.1, 0.15) is 117 Å². The fraction of sp³-hybridized carbons (Fsp3) is 0.620. The van der Waals surface area contributed by atoms with Gasteiger partial charge in [-0.2, -0.15) is 11.8 Å². The molecular weight excluding hydrogens is 1060 g/mol. The first-order valence-electron chi connectivity index (χ1n) is 26.1. The second kappa shape index (κ2) is 38.5. The predicted molar refractivity (Wildman–Crippen MR) is 299 cm³/mol. The average molecular weight is 1140 g/mol. The van der Waals surface area contributed by atoms with E-state index in [1.807, 2.05) is 20.1 Å². The first kappa shape index (κ1) is 67.1. The van der Waals surface area contributed by atoms with Gasteiger partial charge in [-0.15, -0.1) is 0 Å². The normalized spacial score (nSPS) is 12.9. The third kappa shape index (κ3) is 28.8. The van der Waals surface area contributed by atoms with Gasteiger partial charge in [0.05, 0.1) is 0 Å². The number of rotatable bonds is 38. The summed E-state index contributed by atoms with van der Waals surface area (Å²) in [6.45, 7) is 6.74. The van der Waals surface area contributed by atoms with Gasteiger partial charge in [0.1, 0.15) is 12.1 Å². The summed E-state index contributed by atoms with van der Waals surface area (Å²) in [4.78, 5) is 111. The molecule has 0 aliphatic carbocycles. The molecule has 27 heteroatoms. The van der Waals surface area contributed by atoms with Crippen molar-refractivity contribution in [2.75, 3.05) is 75.0 Å². The Kier molecular flexibility index (Phi) is 33.6. The van der Waals surface area contributed by atoms with Crippen LogP contribution in [0.25, 0.3) is 0 Å². The van der Waals surface area contributed by atoms with Crippen molar-refractivity contribution in [1.82, 2.24) is 52.0 Å². The van der Waals surface area contributed by atoms with E-state index in [1.165, 1.54) is 19.1 Å². The second-order valence-corrected chi connectivity index (χ2v) is 20.1. The molecule has 77 heavy (non-hydrogen) atoms. The van der Waals surface area contributed by atoms with Gasteiger partial charge in [0.2, 0.25) is 41.4 Å². The summed E-state index contributed by atoms with van der Waals surface area (Å²) in [5.74, 6) is -3.53. The number of unbranched alkanes of at least 4 members (excludes halogenated alkanes) is 6.